The smallest absolute Gasteiger partial charge is 0.188 e. The highest BCUT2D eigenvalue weighted by molar-refractivity contribution is 5.86. The molecule has 1 aromatic heterocycles. The van der Waals surface area contributed by atoms with Crippen LogP contribution in [0.4, 0.5) is 0 Å². The summed E-state index contributed by atoms with van der Waals surface area (Å²) in [5, 5.41) is 1.02. The predicted molar refractivity (Wildman–Crippen MR) is 74.1 cm³/mol. The lowest BCUT2D eigenvalue weighted by atomic mass is 10.1. The minimum Gasteiger partial charge on any atom is -0.492 e. The third kappa shape index (κ3) is 2.54. The monoisotopic (exact) mass is 264 g/mol. The van der Waals surface area contributed by atoms with Crippen molar-refractivity contribution in [2.24, 2.45) is 0 Å². The van der Waals surface area contributed by atoms with Crippen molar-refractivity contribution >= 4 is 11.0 Å². The van der Waals surface area contributed by atoms with Crippen LogP contribution in [-0.2, 0) is 4.74 Å². The van der Waals surface area contributed by atoms with E-state index in [-0.39, 0.29) is 6.79 Å². The summed E-state index contributed by atoms with van der Waals surface area (Å²) < 4.78 is 21.8. The zero-order valence-corrected chi connectivity index (χ0v) is 12.1. The van der Waals surface area contributed by atoms with E-state index in [1.54, 1.807) is 14.2 Å². The standard InChI is InChI=1S/C15H20O4/c1-9(2)12-6-11-7-13(18-8-16-4)15(17-5)10(3)14(11)19-12/h6-7,9H,8H2,1-5H3. The van der Waals surface area contributed by atoms with Crippen molar-refractivity contribution in [1.82, 2.24) is 0 Å². The molecule has 0 N–H and O–H groups in total. The Bertz CT molecular complexity index is 569. The summed E-state index contributed by atoms with van der Waals surface area (Å²) in [7, 11) is 3.21. The Labute approximate surface area is 113 Å². The first-order valence-corrected chi connectivity index (χ1v) is 6.31. The minimum absolute atomic E-state index is 0.191. The Balaban J connectivity index is 2.56. The normalized spacial score (nSPS) is 11.3. The molecule has 0 amide bonds. The second-order valence-corrected chi connectivity index (χ2v) is 4.81. The highest BCUT2D eigenvalue weighted by Gasteiger charge is 2.17. The molecule has 0 aliphatic carbocycles. The molecule has 4 heteroatoms. The highest BCUT2D eigenvalue weighted by atomic mass is 16.7. The predicted octanol–water partition coefficient (Wildman–Crippen LogP) is 3.86. The average molecular weight is 264 g/mol. The molecular formula is C15H20O4. The van der Waals surface area contributed by atoms with Crippen LogP contribution >= 0.6 is 0 Å². The lowest BCUT2D eigenvalue weighted by Gasteiger charge is -2.12. The van der Waals surface area contributed by atoms with Gasteiger partial charge in [0.25, 0.3) is 0 Å². The topological polar surface area (TPSA) is 40.8 Å². The molecule has 0 atom stereocenters. The molecular weight excluding hydrogens is 244 g/mol. The van der Waals surface area contributed by atoms with E-state index >= 15 is 0 Å². The first kappa shape index (κ1) is 13.7. The van der Waals surface area contributed by atoms with Crippen LogP contribution < -0.4 is 9.47 Å². The van der Waals surface area contributed by atoms with Crippen LogP contribution in [0.25, 0.3) is 11.0 Å². The molecule has 0 radical (unpaired) electrons. The van der Waals surface area contributed by atoms with Crippen LogP contribution in [0.2, 0.25) is 0 Å². The van der Waals surface area contributed by atoms with Crippen LogP contribution in [0.3, 0.4) is 0 Å². The number of furan rings is 1. The van der Waals surface area contributed by atoms with Gasteiger partial charge in [0.15, 0.2) is 18.3 Å². The Morgan fingerprint density at radius 3 is 2.53 bits per heavy atom. The van der Waals surface area contributed by atoms with Gasteiger partial charge in [-0.05, 0) is 19.1 Å². The summed E-state index contributed by atoms with van der Waals surface area (Å²) in [5.74, 6) is 2.67. The van der Waals surface area contributed by atoms with Crippen LogP contribution in [0.15, 0.2) is 16.5 Å². The van der Waals surface area contributed by atoms with Crippen LogP contribution in [0.1, 0.15) is 31.1 Å². The number of benzene rings is 1. The summed E-state index contributed by atoms with van der Waals surface area (Å²) in [6.45, 7) is 6.36. The first-order chi connectivity index (χ1) is 9.08. The van der Waals surface area contributed by atoms with E-state index in [0.29, 0.717) is 17.4 Å². The van der Waals surface area contributed by atoms with Crippen LogP contribution in [0, 0.1) is 6.92 Å². The molecule has 4 nitrogen and oxygen atoms in total. The van der Waals surface area contributed by atoms with Gasteiger partial charge < -0.3 is 18.6 Å². The van der Waals surface area contributed by atoms with E-state index in [0.717, 1.165) is 22.3 Å². The fourth-order valence-corrected chi connectivity index (χ4v) is 2.09. The van der Waals surface area contributed by atoms with E-state index < -0.39 is 0 Å². The molecule has 1 heterocycles. The first-order valence-electron chi connectivity index (χ1n) is 6.31. The summed E-state index contributed by atoms with van der Waals surface area (Å²) in [6.07, 6.45) is 0. The third-order valence-corrected chi connectivity index (χ3v) is 3.08. The SMILES string of the molecule is COCOc1cc2cc(C(C)C)oc2c(C)c1OC. The van der Waals surface area contributed by atoms with Crippen molar-refractivity contribution in [1.29, 1.82) is 0 Å². The van der Waals surface area contributed by atoms with Gasteiger partial charge in [0.1, 0.15) is 11.3 Å². The fraction of sp³-hybridized carbons (Fsp3) is 0.467. The average Bonchev–Trinajstić information content (AvgIpc) is 2.81. The number of hydrogen-bond acceptors (Lipinski definition) is 4. The third-order valence-electron chi connectivity index (χ3n) is 3.08. The van der Waals surface area contributed by atoms with Gasteiger partial charge in [0.2, 0.25) is 0 Å². The zero-order valence-electron chi connectivity index (χ0n) is 12.1. The molecule has 0 fully saturated rings. The molecule has 2 rings (SSSR count). The maximum atomic E-state index is 5.90. The van der Waals surface area contributed by atoms with E-state index in [1.807, 2.05) is 19.1 Å². The van der Waals surface area contributed by atoms with Gasteiger partial charge in [-0.3, -0.25) is 0 Å². The van der Waals surface area contributed by atoms with Gasteiger partial charge >= 0.3 is 0 Å². The van der Waals surface area contributed by atoms with Crippen LogP contribution in [0.5, 0.6) is 11.5 Å². The number of rotatable bonds is 5. The Morgan fingerprint density at radius 2 is 1.95 bits per heavy atom. The van der Waals surface area contributed by atoms with Crippen molar-refractivity contribution < 1.29 is 18.6 Å². The van der Waals surface area contributed by atoms with Gasteiger partial charge in [-0.15, -0.1) is 0 Å². The molecule has 0 aliphatic heterocycles. The van der Waals surface area contributed by atoms with Gasteiger partial charge in [-0.25, -0.2) is 0 Å². The highest BCUT2D eigenvalue weighted by Crippen LogP contribution is 2.39. The zero-order chi connectivity index (χ0) is 14.0. The molecule has 0 unspecified atom stereocenters. The second-order valence-electron chi connectivity index (χ2n) is 4.81. The number of ether oxygens (including phenoxy) is 3. The van der Waals surface area contributed by atoms with E-state index in [2.05, 4.69) is 13.8 Å². The molecule has 104 valence electrons. The molecule has 0 saturated heterocycles. The number of fused-ring (bicyclic) bond motifs is 1. The van der Waals surface area contributed by atoms with Gasteiger partial charge in [-0.2, -0.15) is 0 Å². The molecule has 19 heavy (non-hydrogen) atoms. The van der Waals surface area contributed by atoms with E-state index in [9.17, 15) is 0 Å². The van der Waals surface area contributed by atoms with Crippen molar-refractivity contribution in [3.05, 3.63) is 23.5 Å². The van der Waals surface area contributed by atoms with Crippen molar-refractivity contribution in [2.75, 3.05) is 21.0 Å². The molecule has 2 aromatic rings. The lowest BCUT2D eigenvalue weighted by Crippen LogP contribution is -2.01. The van der Waals surface area contributed by atoms with Crippen molar-refractivity contribution in [2.45, 2.75) is 26.7 Å². The Hall–Kier alpha value is -1.68. The van der Waals surface area contributed by atoms with Crippen molar-refractivity contribution in [3.8, 4) is 11.5 Å². The number of aryl methyl sites for hydroxylation is 1. The maximum absolute atomic E-state index is 5.90. The second kappa shape index (κ2) is 5.53. The summed E-state index contributed by atoms with van der Waals surface area (Å²) in [4.78, 5) is 0. The van der Waals surface area contributed by atoms with Gasteiger partial charge in [-0.1, -0.05) is 13.8 Å². The molecule has 1 aromatic carbocycles. The Kier molecular flexibility index (Phi) is 4.00. The summed E-state index contributed by atoms with van der Waals surface area (Å²) >= 11 is 0. The van der Waals surface area contributed by atoms with E-state index in [4.69, 9.17) is 18.6 Å². The number of methoxy groups -OCH3 is 2. The van der Waals surface area contributed by atoms with Gasteiger partial charge in [0, 0.05) is 24.0 Å². The minimum atomic E-state index is 0.191. The maximum Gasteiger partial charge on any atom is 0.188 e. The lowest BCUT2D eigenvalue weighted by molar-refractivity contribution is 0.0492. The summed E-state index contributed by atoms with van der Waals surface area (Å²) in [6, 6.07) is 3.97. The number of hydrogen-bond donors (Lipinski definition) is 0. The molecule has 0 aliphatic rings. The van der Waals surface area contributed by atoms with Crippen LogP contribution in [-0.4, -0.2) is 21.0 Å². The molecule has 0 bridgehead atoms. The van der Waals surface area contributed by atoms with E-state index in [1.165, 1.54) is 0 Å². The molecule has 0 spiro atoms. The fourth-order valence-electron chi connectivity index (χ4n) is 2.09. The molecule has 0 saturated carbocycles. The van der Waals surface area contributed by atoms with Gasteiger partial charge in [0.05, 0.1) is 7.11 Å². The van der Waals surface area contributed by atoms with Crippen molar-refractivity contribution in [3.63, 3.8) is 0 Å². The largest absolute Gasteiger partial charge is 0.492 e. The quantitative estimate of drug-likeness (QED) is 0.769. The summed E-state index contributed by atoms with van der Waals surface area (Å²) in [5.41, 5.74) is 1.79. The Morgan fingerprint density at radius 1 is 1.21 bits per heavy atom.